The van der Waals surface area contributed by atoms with E-state index in [2.05, 4.69) is 15.9 Å². The van der Waals surface area contributed by atoms with Crippen LogP contribution in [0.5, 0.6) is 0 Å². The smallest absolute Gasteiger partial charge is 0.243 e. The first-order valence-electron chi connectivity index (χ1n) is 7.53. The van der Waals surface area contributed by atoms with Crippen LogP contribution < -0.4 is 5.73 Å². The van der Waals surface area contributed by atoms with E-state index in [1.165, 1.54) is 0 Å². The van der Waals surface area contributed by atoms with Crippen molar-refractivity contribution in [2.45, 2.75) is 37.2 Å². The molecule has 0 amide bonds. The van der Waals surface area contributed by atoms with Crippen molar-refractivity contribution in [2.75, 3.05) is 26.2 Å². The van der Waals surface area contributed by atoms with E-state index < -0.39 is 10.0 Å². The number of piperidine rings is 1. The van der Waals surface area contributed by atoms with Crippen LogP contribution in [0, 0.1) is 6.92 Å². The summed E-state index contributed by atoms with van der Waals surface area (Å²) in [6, 6.07) is 5.35. The SMILES string of the molecule is Cc1ccc(Br)cc1S(=O)(=O)N1CCC(OCCCN)CC1. The van der Waals surface area contributed by atoms with Crippen LogP contribution in [0.25, 0.3) is 0 Å². The van der Waals surface area contributed by atoms with E-state index >= 15 is 0 Å². The zero-order valence-electron chi connectivity index (χ0n) is 12.8. The van der Waals surface area contributed by atoms with Gasteiger partial charge in [0.1, 0.15) is 0 Å². The molecule has 1 aromatic carbocycles. The number of hydrogen-bond acceptors (Lipinski definition) is 4. The summed E-state index contributed by atoms with van der Waals surface area (Å²) in [5, 5.41) is 0. The molecule has 1 fully saturated rings. The van der Waals surface area contributed by atoms with Gasteiger partial charge >= 0.3 is 0 Å². The number of aryl methyl sites for hydroxylation is 1. The Hall–Kier alpha value is -0.470. The molecule has 2 N–H and O–H groups in total. The highest BCUT2D eigenvalue weighted by atomic mass is 79.9. The monoisotopic (exact) mass is 390 g/mol. The first kappa shape index (κ1) is 17.9. The fourth-order valence-corrected chi connectivity index (χ4v) is 4.80. The van der Waals surface area contributed by atoms with Crippen LogP contribution in [-0.4, -0.2) is 45.1 Å². The molecule has 0 atom stereocenters. The van der Waals surface area contributed by atoms with Gasteiger partial charge in [0.05, 0.1) is 11.0 Å². The third-order valence-electron chi connectivity index (χ3n) is 3.87. The molecule has 0 radical (unpaired) electrons. The van der Waals surface area contributed by atoms with E-state index in [0.717, 1.165) is 29.3 Å². The number of sulfonamides is 1. The van der Waals surface area contributed by atoms with Gasteiger partial charge in [0.25, 0.3) is 0 Å². The zero-order chi connectivity index (χ0) is 16.2. The number of ether oxygens (including phenoxy) is 1. The number of hydrogen-bond donors (Lipinski definition) is 1. The normalized spacial score (nSPS) is 17.8. The van der Waals surface area contributed by atoms with Crippen molar-refractivity contribution in [2.24, 2.45) is 5.73 Å². The van der Waals surface area contributed by atoms with E-state index in [0.29, 0.717) is 31.1 Å². The number of halogens is 1. The van der Waals surface area contributed by atoms with Gasteiger partial charge in [-0.15, -0.1) is 0 Å². The highest BCUT2D eigenvalue weighted by Crippen LogP contribution is 2.26. The van der Waals surface area contributed by atoms with Gasteiger partial charge < -0.3 is 10.5 Å². The lowest BCUT2D eigenvalue weighted by Crippen LogP contribution is -2.41. The molecule has 2 rings (SSSR count). The summed E-state index contributed by atoms with van der Waals surface area (Å²) in [6.07, 6.45) is 2.45. The second kappa shape index (κ2) is 7.88. The Balaban J connectivity index is 2.02. The molecular weight excluding hydrogens is 368 g/mol. The Bertz CT molecular complexity index is 599. The van der Waals surface area contributed by atoms with E-state index in [1.807, 2.05) is 19.1 Å². The summed E-state index contributed by atoms with van der Waals surface area (Å²) in [4.78, 5) is 0.379. The Morgan fingerprint density at radius 3 is 2.68 bits per heavy atom. The standard InChI is InChI=1S/C15H23BrN2O3S/c1-12-3-4-13(16)11-15(12)22(19,20)18-8-5-14(6-9-18)21-10-2-7-17/h3-4,11,14H,2,5-10,17H2,1H3. The molecule has 1 saturated heterocycles. The van der Waals surface area contributed by atoms with Crippen LogP contribution >= 0.6 is 15.9 Å². The number of nitrogens with two attached hydrogens (primary N) is 1. The first-order chi connectivity index (χ1) is 10.4. The summed E-state index contributed by atoms with van der Waals surface area (Å²) >= 11 is 3.34. The highest BCUT2D eigenvalue weighted by molar-refractivity contribution is 9.10. The zero-order valence-corrected chi connectivity index (χ0v) is 15.2. The molecule has 22 heavy (non-hydrogen) atoms. The number of nitrogens with zero attached hydrogens (tertiary/aromatic N) is 1. The lowest BCUT2D eigenvalue weighted by atomic mass is 10.1. The predicted octanol–water partition coefficient (Wildman–Crippen LogP) is 2.28. The summed E-state index contributed by atoms with van der Waals surface area (Å²) in [5.74, 6) is 0. The average molecular weight is 391 g/mol. The van der Waals surface area contributed by atoms with Crippen molar-refractivity contribution in [1.82, 2.24) is 4.31 Å². The molecule has 0 bridgehead atoms. The van der Waals surface area contributed by atoms with Gasteiger partial charge in [-0.1, -0.05) is 22.0 Å². The fraction of sp³-hybridized carbons (Fsp3) is 0.600. The maximum Gasteiger partial charge on any atom is 0.243 e. The second-order valence-electron chi connectivity index (χ2n) is 5.53. The topological polar surface area (TPSA) is 72.6 Å². The van der Waals surface area contributed by atoms with Gasteiger partial charge in [-0.3, -0.25) is 0 Å². The average Bonchev–Trinajstić information content (AvgIpc) is 2.50. The van der Waals surface area contributed by atoms with Crippen molar-refractivity contribution in [1.29, 1.82) is 0 Å². The lowest BCUT2D eigenvalue weighted by molar-refractivity contribution is 0.0209. The third-order valence-corrected chi connectivity index (χ3v) is 6.40. The van der Waals surface area contributed by atoms with Gasteiger partial charge in [-0.2, -0.15) is 4.31 Å². The van der Waals surface area contributed by atoms with Gasteiger partial charge in [-0.05, 0) is 50.4 Å². The molecule has 0 unspecified atom stereocenters. The molecule has 124 valence electrons. The third kappa shape index (κ3) is 4.29. The Morgan fingerprint density at radius 2 is 2.05 bits per heavy atom. The largest absolute Gasteiger partial charge is 0.378 e. The van der Waals surface area contributed by atoms with E-state index in [9.17, 15) is 8.42 Å². The molecule has 1 aliphatic heterocycles. The Morgan fingerprint density at radius 1 is 1.36 bits per heavy atom. The maximum absolute atomic E-state index is 12.8. The van der Waals surface area contributed by atoms with Crippen LogP contribution in [0.4, 0.5) is 0 Å². The summed E-state index contributed by atoms with van der Waals surface area (Å²) < 4.78 is 33.6. The summed E-state index contributed by atoms with van der Waals surface area (Å²) in [5.41, 5.74) is 6.21. The van der Waals surface area contributed by atoms with Crippen LogP contribution in [0.2, 0.25) is 0 Å². The van der Waals surface area contributed by atoms with Crippen molar-refractivity contribution < 1.29 is 13.2 Å². The van der Waals surface area contributed by atoms with Gasteiger partial charge in [0.2, 0.25) is 10.0 Å². The minimum atomic E-state index is -3.44. The van der Waals surface area contributed by atoms with Crippen molar-refractivity contribution in [3.05, 3.63) is 28.2 Å². The molecule has 0 aromatic heterocycles. The van der Waals surface area contributed by atoms with Gasteiger partial charge in [-0.25, -0.2) is 8.42 Å². The van der Waals surface area contributed by atoms with E-state index in [4.69, 9.17) is 10.5 Å². The van der Waals surface area contributed by atoms with Crippen LogP contribution in [0.15, 0.2) is 27.6 Å². The van der Waals surface area contributed by atoms with Crippen molar-refractivity contribution in [3.63, 3.8) is 0 Å². The molecule has 1 heterocycles. The molecule has 0 aliphatic carbocycles. The first-order valence-corrected chi connectivity index (χ1v) is 9.76. The Kier molecular flexibility index (Phi) is 6.40. The predicted molar refractivity (Wildman–Crippen MR) is 90.3 cm³/mol. The van der Waals surface area contributed by atoms with Crippen LogP contribution in [-0.2, 0) is 14.8 Å². The molecule has 0 saturated carbocycles. The minimum absolute atomic E-state index is 0.140. The van der Waals surface area contributed by atoms with Crippen LogP contribution in [0.3, 0.4) is 0 Å². The summed E-state index contributed by atoms with van der Waals surface area (Å²) in [6.45, 7) is 4.10. The van der Waals surface area contributed by atoms with Gasteiger partial charge in [0, 0.05) is 24.2 Å². The van der Waals surface area contributed by atoms with Crippen LogP contribution in [0.1, 0.15) is 24.8 Å². The molecule has 5 nitrogen and oxygen atoms in total. The van der Waals surface area contributed by atoms with E-state index in [1.54, 1.807) is 10.4 Å². The minimum Gasteiger partial charge on any atom is -0.378 e. The lowest BCUT2D eigenvalue weighted by Gasteiger charge is -2.31. The van der Waals surface area contributed by atoms with E-state index in [-0.39, 0.29) is 6.10 Å². The number of benzene rings is 1. The number of rotatable bonds is 6. The Labute approximate surface area is 141 Å². The van der Waals surface area contributed by atoms with Crippen molar-refractivity contribution in [3.8, 4) is 0 Å². The maximum atomic E-state index is 12.8. The van der Waals surface area contributed by atoms with Gasteiger partial charge in [0.15, 0.2) is 0 Å². The highest BCUT2D eigenvalue weighted by Gasteiger charge is 2.30. The molecular formula is C15H23BrN2O3S. The summed E-state index contributed by atoms with van der Waals surface area (Å²) in [7, 11) is -3.44. The molecule has 7 heteroatoms. The molecule has 0 spiro atoms. The quantitative estimate of drug-likeness (QED) is 0.756. The van der Waals surface area contributed by atoms with Crippen molar-refractivity contribution >= 4 is 26.0 Å². The molecule has 1 aliphatic rings. The molecule has 1 aromatic rings. The fourth-order valence-electron chi connectivity index (χ4n) is 2.56. The second-order valence-corrected chi connectivity index (χ2v) is 8.35.